The minimum absolute atomic E-state index is 0.233. The second kappa shape index (κ2) is 5.77. The van der Waals surface area contributed by atoms with Gasteiger partial charge < -0.3 is 0 Å². The smallest absolute Gasteiger partial charge is 0.289 e. The van der Waals surface area contributed by atoms with Crippen LogP contribution < -0.4 is 0 Å². The molecule has 0 atom stereocenters. The molecule has 0 radical (unpaired) electrons. The van der Waals surface area contributed by atoms with E-state index in [2.05, 4.69) is 0 Å². The number of benzene rings is 2. The van der Waals surface area contributed by atoms with Crippen molar-refractivity contribution >= 4 is 39.1 Å². The van der Waals surface area contributed by atoms with E-state index in [1.807, 2.05) is 0 Å². The number of carbonyl (C=O) groups is 1. The van der Waals surface area contributed by atoms with E-state index in [1.165, 1.54) is 43.3 Å². The van der Waals surface area contributed by atoms with Crippen LogP contribution in [0.4, 0.5) is 0 Å². The Bertz CT molecular complexity index is 809. The van der Waals surface area contributed by atoms with E-state index in [4.69, 9.17) is 27.8 Å². The fraction of sp³-hybridized carbons (Fsp3) is 0.0714. The van der Waals surface area contributed by atoms with Crippen LogP contribution >= 0.6 is 23.2 Å². The summed E-state index contributed by atoms with van der Waals surface area (Å²) in [6.07, 6.45) is 0. The van der Waals surface area contributed by atoms with E-state index in [1.54, 1.807) is 0 Å². The molecule has 0 aliphatic heterocycles. The van der Waals surface area contributed by atoms with E-state index in [9.17, 15) is 13.2 Å². The number of carbonyl (C=O) groups excluding carboxylic acids is 1. The molecule has 0 aromatic heterocycles. The lowest BCUT2D eigenvalue weighted by Gasteiger charge is -2.07. The Morgan fingerprint density at radius 1 is 1.00 bits per heavy atom. The molecule has 2 rings (SSSR count). The van der Waals surface area contributed by atoms with E-state index in [0.717, 1.165) is 0 Å². The van der Waals surface area contributed by atoms with Gasteiger partial charge in [-0.1, -0.05) is 23.2 Å². The molecule has 0 spiro atoms. The molecule has 4 nitrogen and oxygen atoms in total. The van der Waals surface area contributed by atoms with Crippen LogP contribution in [0, 0.1) is 6.92 Å². The molecule has 0 bridgehead atoms. The summed E-state index contributed by atoms with van der Waals surface area (Å²) in [5.41, 5.74) is 0.848. The summed E-state index contributed by atoms with van der Waals surface area (Å²) in [5.74, 6) is -0.343. The summed E-state index contributed by atoms with van der Waals surface area (Å²) >= 11 is 11.7. The van der Waals surface area contributed by atoms with Crippen LogP contribution in [-0.4, -0.2) is 18.8 Å². The molecule has 1 N–H and O–H groups in total. The molecular weight excluding hydrogens is 335 g/mol. The van der Waals surface area contributed by atoms with Gasteiger partial charge in [-0.05, 0) is 48.9 Å². The predicted molar refractivity (Wildman–Crippen MR) is 80.9 cm³/mol. The molecule has 0 heterocycles. The summed E-state index contributed by atoms with van der Waals surface area (Å²) in [6.45, 7) is 1.49. The molecule has 0 saturated carbocycles. The second-order valence-electron chi connectivity index (χ2n) is 4.44. The molecule has 7 heteroatoms. The lowest BCUT2D eigenvalue weighted by atomic mass is 10.0. The van der Waals surface area contributed by atoms with Crippen LogP contribution in [0.25, 0.3) is 0 Å². The normalized spacial score (nSPS) is 11.4. The largest absolute Gasteiger partial charge is 0.294 e. The summed E-state index contributed by atoms with van der Waals surface area (Å²) in [4.78, 5) is 12.1. The van der Waals surface area contributed by atoms with Crippen LogP contribution in [0.1, 0.15) is 21.5 Å². The Kier molecular flexibility index (Phi) is 4.39. The van der Waals surface area contributed by atoms with Crippen molar-refractivity contribution in [3.05, 3.63) is 63.1 Å². The van der Waals surface area contributed by atoms with Crippen LogP contribution in [0.3, 0.4) is 0 Å². The molecular formula is C14H10Cl2O4S. The third kappa shape index (κ3) is 3.63. The molecule has 110 valence electrons. The lowest BCUT2D eigenvalue weighted by molar-refractivity contribution is 0.103. The summed E-state index contributed by atoms with van der Waals surface area (Å²) < 4.78 is 31.3. The van der Waals surface area contributed by atoms with Crippen molar-refractivity contribution < 1.29 is 17.8 Å². The SMILES string of the molecule is Cc1cc(C(=O)c2cc(Cl)cc(Cl)c2)ccc1S(=O)(=O)O. The average molecular weight is 345 g/mol. The molecule has 0 aliphatic carbocycles. The van der Waals surface area contributed by atoms with Crippen molar-refractivity contribution in [1.29, 1.82) is 0 Å². The first-order valence-corrected chi connectivity index (χ1v) is 7.97. The van der Waals surface area contributed by atoms with Gasteiger partial charge in [0.15, 0.2) is 5.78 Å². The van der Waals surface area contributed by atoms with Crippen molar-refractivity contribution in [2.45, 2.75) is 11.8 Å². The molecule has 2 aromatic rings. The molecule has 2 aromatic carbocycles. The minimum atomic E-state index is -4.31. The Morgan fingerprint density at radius 2 is 1.57 bits per heavy atom. The Labute approximate surface area is 132 Å². The van der Waals surface area contributed by atoms with E-state index >= 15 is 0 Å². The van der Waals surface area contributed by atoms with Gasteiger partial charge in [-0.2, -0.15) is 8.42 Å². The molecule has 0 aliphatic rings. The number of halogens is 2. The standard InChI is InChI=1S/C14H10Cl2O4S/c1-8-4-9(2-3-13(8)21(18,19)20)14(17)10-5-11(15)7-12(16)6-10/h2-7H,1H3,(H,18,19,20). The van der Waals surface area contributed by atoms with Gasteiger partial charge in [0.05, 0.1) is 4.90 Å². The zero-order valence-electron chi connectivity index (χ0n) is 10.8. The van der Waals surface area contributed by atoms with E-state index in [0.29, 0.717) is 15.6 Å². The van der Waals surface area contributed by atoms with Crippen LogP contribution in [0.2, 0.25) is 10.0 Å². The highest BCUT2D eigenvalue weighted by molar-refractivity contribution is 7.85. The summed E-state index contributed by atoms with van der Waals surface area (Å²) in [5, 5.41) is 0.661. The highest BCUT2D eigenvalue weighted by Crippen LogP contribution is 2.23. The minimum Gasteiger partial charge on any atom is -0.289 e. The van der Waals surface area contributed by atoms with Crippen molar-refractivity contribution in [3.63, 3.8) is 0 Å². The second-order valence-corrected chi connectivity index (χ2v) is 6.71. The number of hydrogen-bond donors (Lipinski definition) is 1. The zero-order valence-corrected chi connectivity index (χ0v) is 13.1. The van der Waals surface area contributed by atoms with E-state index < -0.39 is 10.1 Å². The molecule has 0 amide bonds. The first kappa shape index (κ1) is 16.0. The van der Waals surface area contributed by atoms with Gasteiger partial charge >= 0.3 is 0 Å². The summed E-state index contributed by atoms with van der Waals surface area (Å²) in [6, 6.07) is 8.35. The van der Waals surface area contributed by atoms with Crippen molar-refractivity contribution in [3.8, 4) is 0 Å². The first-order chi connectivity index (χ1) is 9.68. The Morgan fingerprint density at radius 3 is 2.05 bits per heavy atom. The van der Waals surface area contributed by atoms with Gasteiger partial charge in [-0.3, -0.25) is 9.35 Å². The van der Waals surface area contributed by atoms with E-state index in [-0.39, 0.29) is 21.8 Å². The van der Waals surface area contributed by atoms with Crippen molar-refractivity contribution in [2.75, 3.05) is 0 Å². The summed E-state index contributed by atoms with van der Waals surface area (Å²) in [7, 11) is -4.31. The van der Waals surface area contributed by atoms with Gasteiger partial charge in [0.2, 0.25) is 0 Å². The van der Waals surface area contributed by atoms with Crippen LogP contribution in [0.15, 0.2) is 41.3 Å². The highest BCUT2D eigenvalue weighted by atomic mass is 35.5. The van der Waals surface area contributed by atoms with Gasteiger partial charge in [0.25, 0.3) is 10.1 Å². The maximum atomic E-state index is 12.3. The van der Waals surface area contributed by atoms with Gasteiger partial charge in [0, 0.05) is 21.2 Å². The number of aryl methyl sites for hydroxylation is 1. The van der Waals surface area contributed by atoms with Crippen LogP contribution in [0.5, 0.6) is 0 Å². The quantitative estimate of drug-likeness (QED) is 0.679. The first-order valence-electron chi connectivity index (χ1n) is 5.77. The molecule has 0 unspecified atom stereocenters. The van der Waals surface area contributed by atoms with Gasteiger partial charge in [-0.25, -0.2) is 0 Å². The molecule has 0 saturated heterocycles. The van der Waals surface area contributed by atoms with Crippen LogP contribution in [-0.2, 0) is 10.1 Å². The zero-order chi connectivity index (χ0) is 15.8. The fourth-order valence-corrected chi connectivity index (χ4v) is 3.16. The van der Waals surface area contributed by atoms with Gasteiger partial charge in [0.1, 0.15) is 0 Å². The molecule has 21 heavy (non-hydrogen) atoms. The molecule has 0 fully saturated rings. The Balaban J connectivity index is 2.47. The number of hydrogen-bond acceptors (Lipinski definition) is 3. The third-order valence-corrected chi connectivity index (χ3v) is 4.29. The maximum Gasteiger partial charge on any atom is 0.294 e. The maximum absolute atomic E-state index is 12.3. The average Bonchev–Trinajstić information content (AvgIpc) is 2.35. The number of rotatable bonds is 3. The van der Waals surface area contributed by atoms with Gasteiger partial charge in [-0.15, -0.1) is 0 Å². The fourth-order valence-electron chi connectivity index (χ4n) is 1.93. The predicted octanol–water partition coefficient (Wildman–Crippen LogP) is 3.78. The van der Waals surface area contributed by atoms with Crippen molar-refractivity contribution in [1.82, 2.24) is 0 Å². The van der Waals surface area contributed by atoms with Crippen molar-refractivity contribution in [2.24, 2.45) is 0 Å². The topological polar surface area (TPSA) is 71.4 Å². The highest BCUT2D eigenvalue weighted by Gasteiger charge is 2.16. The monoisotopic (exact) mass is 344 g/mol. The lowest BCUT2D eigenvalue weighted by Crippen LogP contribution is -2.05. The Hall–Kier alpha value is -1.40. The number of ketones is 1. The third-order valence-electron chi connectivity index (χ3n) is 2.84.